The number of unbranched alkanes of at least 4 members (excludes halogenated alkanes) is 1. The Morgan fingerprint density at radius 2 is 1.89 bits per heavy atom. The normalized spacial score (nSPS) is 10.1. The van der Waals surface area contributed by atoms with Gasteiger partial charge in [-0.25, -0.2) is 14.8 Å². The number of aromatic nitrogens is 2. The predicted octanol–water partition coefficient (Wildman–Crippen LogP) is 5.08. The summed E-state index contributed by atoms with van der Waals surface area (Å²) in [5.41, 5.74) is 0.973. The molecule has 0 aliphatic carbocycles. The fourth-order valence-corrected chi connectivity index (χ4v) is 2.90. The largest absolute Gasteiger partial charge is 0.478 e. The van der Waals surface area contributed by atoms with Gasteiger partial charge in [-0.05, 0) is 24.6 Å². The summed E-state index contributed by atoms with van der Waals surface area (Å²) >= 11 is 1.62. The zero-order chi connectivity index (χ0) is 19.5. The molecule has 0 aliphatic rings. The molecule has 2 heterocycles. The zero-order valence-electron chi connectivity index (χ0n) is 15.6. The van der Waals surface area contributed by atoms with Crippen molar-refractivity contribution in [1.29, 1.82) is 0 Å². The van der Waals surface area contributed by atoms with E-state index in [2.05, 4.69) is 29.1 Å². The van der Waals surface area contributed by atoms with E-state index in [9.17, 15) is 4.79 Å². The lowest BCUT2D eigenvalue weighted by molar-refractivity contribution is 0.0689. The monoisotopic (exact) mass is 387 g/mol. The molecule has 27 heavy (non-hydrogen) atoms. The molecule has 1 aromatic carbocycles. The molecule has 7 heteroatoms. The van der Waals surface area contributed by atoms with Crippen molar-refractivity contribution in [2.45, 2.75) is 33.1 Å². The Kier molecular flexibility index (Phi) is 8.51. The van der Waals surface area contributed by atoms with Crippen molar-refractivity contribution in [2.24, 2.45) is 0 Å². The van der Waals surface area contributed by atoms with Crippen molar-refractivity contribution in [2.75, 3.05) is 18.5 Å². The number of rotatable bonds is 8. The van der Waals surface area contributed by atoms with Crippen LogP contribution >= 0.6 is 11.3 Å². The van der Waals surface area contributed by atoms with Gasteiger partial charge in [-0.15, -0.1) is 0 Å². The highest BCUT2D eigenvalue weighted by Crippen LogP contribution is 2.25. The van der Waals surface area contributed by atoms with Crippen molar-refractivity contribution in [3.05, 3.63) is 48.2 Å². The van der Waals surface area contributed by atoms with E-state index in [0.29, 0.717) is 12.5 Å². The van der Waals surface area contributed by atoms with E-state index >= 15 is 0 Å². The summed E-state index contributed by atoms with van der Waals surface area (Å²) in [5, 5.41) is 13.0. The van der Waals surface area contributed by atoms with Gasteiger partial charge < -0.3 is 15.2 Å². The Hall–Kier alpha value is -2.67. The molecular formula is C20H25N3O3S. The number of carboxylic acids is 1. The Morgan fingerprint density at radius 3 is 2.59 bits per heavy atom. The van der Waals surface area contributed by atoms with Gasteiger partial charge in [0.1, 0.15) is 0 Å². The van der Waals surface area contributed by atoms with Crippen molar-refractivity contribution in [1.82, 2.24) is 9.97 Å². The van der Waals surface area contributed by atoms with Gasteiger partial charge in [0.15, 0.2) is 10.8 Å². The van der Waals surface area contributed by atoms with E-state index in [4.69, 9.17) is 9.84 Å². The third-order valence-corrected chi connectivity index (χ3v) is 4.58. The second-order valence-electron chi connectivity index (χ2n) is 5.78. The number of hydrogen-bond donors (Lipinski definition) is 2. The van der Waals surface area contributed by atoms with Crippen molar-refractivity contribution < 1.29 is 14.6 Å². The number of hydrogen-bond acceptors (Lipinski definition) is 6. The summed E-state index contributed by atoms with van der Waals surface area (Å²) in [4.78, 5) is 19.2. The van der Waals surface area contributed by atoms with Crippen molar-refractivity contribution >= 4 is 32.7 Å². The van der Waals surface area contributed by atoms with Crippen LogP contribution < -0.4 is 10.1 Å². The molecule has 0 atom stereocenters. The summed E-state index contributed by atoms with van der Waals surface area (Å²) in [6, 6.07) is 12.7. The van der Waals surface area contributed by atoms with Crippen LogP contribution in [0, 0.1) is 0 Å². The summed E-state index contributed by atoms with van der Waals surface area (Å²) in [6.07, 6.45) is 3.40. The first kappa shape index (κ1) is 20.6. The first-order chi connectivity index (χ1) is 13.1. The fourth-order valence-electron chi connectivity index (χ4n) is 2.01. The highest BCUT2D eigenvalue weighted by molar-refractivity contribution is 7.22. The number of carboxylic acid groups (broad SMARTS) is 1. The second-order valence-corrected chi connectivity index (χ2v) is 6.81. The van der Waals surface area contributed by atoms with E-state index in [1.807, 2.05) is 24.3 Å². The molecule has 3 aromatic rings. The van der Waals surface area contributed by atoms with Gasteiger partial charge in [-0.2, -0.15) is 0 Å². The molecule has 0 saturated carbocycles. The number of pyridine rings is 1. The molecule has 0 unspecified atom stereocenters. The molecule has 0 bridgehead atoms. The molecule has 2 aromatic heterocycles. The number of aromatic carboxylic acids is 1. The van der Waals surface area contributed by atoms with E-state index in [1.54, 1.807) is 23.5 Å². The number of ether oxygens (including phenoxy) is 1. The Balaban J connectivity index is 0.000000596. The van der Waals surface area contributed by atoms with Gasteiger partial charge in [-0.1, -0.05) is 56.2 Å². The van der Waals surface area contributed by atoms with Crippen LogP contribution in [-0.4, -0.2) is 34.2 Å². The maximum Gasteiger partial charge on any atom is 0.354 e. The van der Waals surface area contributed by atoms with Crippen LogP contribution in [-0.2, 0) is 0 Å². The predicted molar refractivity (Wildman–Crippen MR) is 110 cm³/mol. The number of nitrogens with one attached hydrogen (secondary N) is 1. The SMILES string of the molecule is CCCC.O=C(O)c1cccc(OCCCNc2nc3ccccc3s2)n1. The summed E-state index contributed by atoms with van der Waals surface area (Å²) in [7, 11) is 0. The van der Waals surface area contributed by atoms with Crippen LogP contribution in [0.4, 0.5) is 5.13 Å². The highest BCUT2D eigenvalue weighted by Gasteiger charge is 2.06. The first-order valence-electron chi connectivity index (χ1n) is 9.06. The minimum atomic E-state index is -1.06. The Labute approximate surface area is 163 Å². The molecule has 144 valence electrons. The average Bonchev–Trinajstić information content (AvgIpc) is 3.11. The molecule has 3 rings (SSSR count). The third kappa shape index (κ3) is 6.86. The lowest BCUT2D eigenvalue weighted by atomic mass is 10.3. The van der Waals surface area contributed by atoms with Gasteiger partial charge in [0.25, 0.3) is 0 Å². The second kappa shape index (κ2) is 11.1. The van der Waals surface area contributed by atoms with Crippen LogP contribution in [0.5, 0.6) is 5.88 Å². The van der Waals surface area contributed by atoms with Crippen LogP contribution in [0.2, 0.25) is 0 Å². The van der Waals surface area contributed by atoms with E-state index in [-0.39, 0.29) is 5.69 Å². The summed E-state index contributed by atoms with van der Waals surface area (Å²) in [6.45, 7) is 5.53. The number of benzene rings is 1. The molecule has 0 amide bonds. The Bertz CT molecular complexity index is 816. The van der Waals surface area contributed by atoms with Crippen molar-refractivity contribution in [3.8, 4) is 5.88 Å². The molecule has 0 radical (unpaired) electrons. The molecular weight excluding hydrogens is 362 g/mol. The van der Waals surface area contributed by atoms with Crippen LogP contribution in [0.15, 0.2) is 42.5 Å². The lowest BCUT2D eigenvalue weighted by Crippen LogP contribution is -2.08. The summed E-state index contributed by atoms with van der Waals surface area (Å²) in [5.74, 6) is -0.738. The highest BCUT2D eigenvalue weighted by atomic mass is 32.1. The van der Waals surface area contributed by atoms with Crippen molar-refractivity contribution in [3.63, 3.8) is 0 Å². The smallest absolute Gasteiger partial charge is 0.354 e. The van der Waals surface area contributed by atoms with Gasteiger partial charge in [0, 0.05) is 12.6 Å². The number of fused-ring (bicyclic) bond motifs is 1. The fraction of sp³-hybridized carbons (Fsp3) is 0.350. The molecule has 0 spiro atoms. The maximum atomic E-state index is 10.8. The quantitative estimate of drug-likeness (QED) is 0.525. The number of para-hydroxylation sites is 1. The molecule has 6 nitrogen and oxygen atoms in total. The number of nitrogens with zero attached hydrogens (tertiary/aromatic N) is 2. The van der Waals surface area contributed by atoms with E-state index < -0.39 is 5.97 Å². The number of anilines is 1. The molecule has 2 N–H and O–H groups in total. The maximum absolute atomic E-state index is 10.8. The van der Waals surface area contributed by atoms with Crippen LogP contribution in [0.3, 0.4) is 0 Å². The van der Waals surface area contributed by atoms with Crippen LogP contribution in [0.25, 0.3) is 10.2 Å². The topological polar surface area (TPSA) is 84.3 Å². The molecule has 0 fully saturated rings. The number of carbonyl (C=O) groups is 1. The average molecular weight is 388 g/mol. The van der Waals surface area contributed by atoms with Gasteiger partial charge >= 0.3 is 5.97 Å². The lowest BCUT2D eigenvalue weighted by Gasteiger charge is -2.06. The standard InChI is InChI=1S/C16H15N3O3S.C4H10/c20-15(21)12-6-3-8-14(18-12)22-10-4-9-17-16-19-11-5-1-2-7-13(11)23-16;1-3-4-2/h1-3,5-8H,4,9-10H2,(H,17,19)(H,20,21);3-4H2,1-2H3. The Morgan fingerprint density at radius 1 is 1.11 bits per heavy atom. The minimum Gasteiger partial charge on any atom is -0.478 e. The molecule has 0 saturated heterocycles. The van der Waals surface area contributed by atoms with Gasteiger partial charge in [-0.3, -0.25) is 0 Å². The molecule has 0 aliphatic heterocycles. The minimum absolute atomic E-state index is 0.0184. The van der Waals surface area contributed by atoms with Gasteiger partial charge in [0.2, 0.25) is 5.88 Å². The summed E-state index contributed by atoms with van der Waals surface area (Å²) < 4.78 is 6.62. The zero-order valence-corrected chi connectivity index (χ0v) is 16.5. The van der Waals surface area contributed by atoms with Crippen LogP contribution in [0.1, 0.15) is 43.6 Å². The van der Waals surface area contributed by atoms with E-state index in [0.717, 1.165) is 28.3 Å². The van der Waals surface area contributed by atoms with E-state index in [1.165, 1.54) is 18.9 Å². The number of thiazole rings is 1. The third-order valence-electron chi connectivity index (χ3n) is 3.58. The first-order valence-corrected chi connectivity index (χ1v) is 9.88. The van der Waals surface area contributed by atoms with Gasteiger partial charge in [0.05, 0.1) is 16.8 Å².